The van der Waals surface area contributed by atoms with Crippen LogP contribution in [0.25, 0.3) is 61.8 Å². The molecule has 7 aromatic rings. The minimum atomic E-state index is -6.00. The van der Waals surface area contributed by atoms with Gasteiger partial charge in [0.05, 0.1) is 11.4 Å². The molecular formula is C39H28BF4N3O. The van der Waals surface area contributed by atoms with Gasteiger partial charge in [0, 0.05) is 58.9 Å². The van der Waals surface area contributed by atoms with Gasteiger partial charge in [0.25, 0.3) is 0 Å². The number of aromatic nitrogens is 3. The summed E-state index contributed by atoms with van der Waals surface area (Å²) >= 11 is 0. The fraction of sp³-hybridized carbons (Fsp3) is 0. The molecule has 4 aromatic carbocycles. The van der Waals surface area contributed by atoms with Crippen molar-refractivity contribution in [3.63, 3.8) is 0 Å². The van der Waals surface area contributed by atoms with Crippen molar-refractivity contribution >= 4 is 7.25 Å². The molecule has 0 saturated carbocycles. The number of aromatic hydroxyl groups is 1. The summed E-state index contributed by atoms with van der Waals surface area (Å²) in [5, 5.41) is 11.6. The second-order valence-corrected chi connectivity index (χ2v) is 10.8. The lowest BCUT2D eigenvalue weighted by molar-refractivity contribution is -0.572. The van der Waals surface area contributed by atoms with E-state index >= 15 is 0 Å². The third-order valence-electron chi connectivity index (χ3n) is 7.55. The number of phenols is 1. The summed E-state index contributed by atoms with van der Waals surface area (Å²) in [4.78, 5) is 9.21. The molecular weight excluding hydrogens is 613 g/mol. The predicted octanol–water partition coefficient (Wildman–Crippen LogP) is 10.1. The number of halogens is 4. The highest BCUT2D eigenvalue weighted by Gasteiger charge is 2.28. The molecule has 0 amide bonds. The first-order chi connectivity index (χ1) is 23.3. The van der Waals surface area contributed by atoms with Gasteiger partial charge in [0.15, 0.2) is 0 Å². The van der Waals surface area contributed by atoms with Crippen molar-refractivity contribution in [2.45, 2.75) is 0 Å². The van der Waals surface area contributed by atoms with Crippen molar-refractivity contribution in [1.29, 1.82) is 0 Å². The highest BCUT2D eigenvalue weighted by Crippen LogP contribution is 2.39. The maximum atomic E-state index is 11.6. The van der Waals surface area contributed by atoms with Crippen molar-refractivity contribution in [3.05, 3.63) is 164 Å². The van der Waals surface area contributed by atoms with Gasteiger partial charge in [-0.05, 0) is 59.7 Å². The van der Waals surface area contributed by atoms with Crippen LogP contribution in [0.3, 0.4) is 0 Å². The third kappa shape index (κ3) is 7.48. The van der Waals surface area contributed by atoms with Gasteiger partial charge in [-0.3, -0.25) is 9.97 Å². The summed E-state index contributed by atoms with van der Waals surface area (Å²) in [5.41, 5.74) is 9.96. The van der Waals surface area contributed by atoms with E-state index in [1.807, 2.05) is 66.7 Å². The van der Waals surface area contributed by atoms with Crippen LogP contribution in [-0.2, 0) is 0 Å². The molecule has 236 valence electrons. The average molecular weight is 641 g/mol. The molecule has 9 heteroatoms. The normalized spacial score (nSPS) is 11.0. The van der Waals surface area contributed by atoms with Crippen molar-refractivity contribution in [2.75, 3.05) is 0 Å². The van der Waals surface area contributed by atoms with E-state index in [1.165, 1.54) is 0 Å². The van der Waals surface area contributed by atoms with Crippen molar-refractivity contribution < 1.29 is 26.9 Å². The summed E-state index contributed by atoms with van der Waals surface area (Å²) in [5.74, 6) is 0.144. The molecule has 0 unspecified atom stereocenters. The molecule has 0 saturated heterocycles. The minimum Gasteiger partial charge on any atom is -0.507 e. The molecule has 1 N–H and O–H groups in total. The number of benzene rings is 4. The lowest BCUT2D eigenvalue weighted by Crippen LogP contribution is -2.36. The van der Waals surface area contributed by atoms with Crippen LogP contribution < -0.4 is 4.57 Å². The molecule has 0 aliphatic heterocycles. The quantitative estimate of drug-likeness (QED) is 0.112. The minimum absolute atomic E-state index is 0.144. The summed E-state index contributed by atoms with van der Waals surface area (Å²) in [6.45, 7) is 0. The molecule has 0 spiro atoms. The van der Waals surface area contributed by atoms with E-state index in [1.54, 1.807) is 12.4 Å². The second-order valence-electron chi connectivity index (χ2n) is 10.8. The van der Waals surface area contributed by atoms with Gasteiger partial charge in [0.1, 0.15) is 5.75 Å². The molecule has 0 aliphatic rings. The van der Waals surface area contributed by atoms with Crippen LogP contribution in [-0.4, -0.2) is 22.3 Å². The Kier molecular flexibility index (Phi) is 9.39. The van der Waals surface area contributed by atoms with Crippen LogP contribution in [0.2, 0.25) is 0 Å². The molecule has 3 aromatic heterocycles. The SMILES string of the molecule is F[B-](F)(F)F.Oc1c(-c2ccccn2)cc(-[n+]2c(-c3ccccc3)cc(-c3ccccc3)cc2-c2ccccc2)cc1-c1ccccn1. The Bertz CT molecular complexity index is 1990. The Labute approximate surface area is 275 Å². The van der Waals surface area contributed by atoms with E-state index in [4.69, 9.17) is 0 Å². The van der Waals surface area contributed by atoms with E-state index in [9.17, 15) is 22.4 Å². The van der Waals surface area contributed by atoms with Gasteiger partial charge in [-0.15, -0.1) is 0 Å². The second kappa shape index (κ2) is 14.1. The van der Waals surface area contributed by atoms with E-state index in [0.717, 1.165) is 39.3 Å². The van der Waals surface area contributed by atoms with Crippen molar-refractivity contribution in [2.24, 2.45) is 0 Å². The lowest BCUT2D eigenvalue weighted by Gasteiger charge is -2.15. The topological polar surface area (TPSA) is 49.9 Å². The van der Waals surface area contributed by atoms with E-state index in [0.29, 0.717) is 22.5 Å². The first kappa shape index (κ1) is 31.9. The maximum absolute atomic E-state index is 11.6. The number of hydrogen-bond acceptors (Lipinski definition) is 3. The fourth-order valence-corrected chi connectivity index (χ4v) is 5.50. The van der Waals surface area contributed by atoms with Crippen molar-refractivity contribution in [1.82, 2.24) is 9.97 Å². The fourth-order valence-electron chi connectivity index (χ4n) is 5.50. The number of pyridine rings is 3. The molecule has 0 aliphatic carbocycles. The highest BCUT2D eigenvalue weighted by atomic mass is 19.5. The molecule has 0 bridgehead atoms. The zero-order valence-corrected chi connectivity index (χ0v) is 25.5. The first-order valence-corrected chi connectivity index (χ1v) is 15.1. The third-order valence-corrected chi connectivity index (χ3v) is 7.55. The zero-order valence-electron chi connectivity index (χ0n) is 25.5. The molecule has 0 atom stereocenters. The van der Waals surface area contributed by atoms with Crippen LogP contribution in [0.1, 0.15) is 0 Å². The summed E-state index contributed by atoms with van der Waals surface area (Å²) < 4.78 is 41.3. The van der Waals surface area contributed by atoms with Crippen LogP contribution in [0.4, 0.5) is 17.3 Å². The number of phenolic OH excluding ortho intramolecular Hbond substituents is 1. The van der Waals surface area contributed by atoms with Gasteiger partial charge in [-0.25, -0.2) is 0 Å². The maximum Gasteiger partial charge on any atom is 0.673 e. The Morgan fingerprint density at radius 2 is 0.833 bits per heavy atom. The van der Waals surface area contributed by atoms with Gasteiger partial charge in [-0.2, -0.15) is 4.57 Å². The van der Waals surface area contributed by atoms with Gasteiger partial charge in [0.2, 0.25) is 17.1 Å². The van der Waals surface area contributed by atoms with E-state index < -0.39 is 7.25 Å². The smallest absolute Gasteiger partial charge is 0.507 e. The Hall–Kier alpha value is -6.09. The predicted molar refractivity (Wildman–Crippen MR) is 183 cm³/mol. The van der Waals surface area contributed by atoms with Gasteiger partial charge in [-0.1, -0.05) is 78.9 Å². The van der Waals surface area contributed by atoms with E-state index in [-0.39, 0.29) is 5.75 Å². The van der Waals surface area contributed by atoms with Crippen LogP contribution >= 0.6 is 0 Å². The number of rotatable bonds is 6. The average Bonchev–Trinajstić information content (AvgIpc) is 3.12. The zero-order chi connectivity index (χ0) is 33.5. The molecule has 4 nitrogen and oxygen atoms in total. The summed E-state index contributed by atoms with van der Waals surface area (Å²) in [6.07, 6.45) is 3.49. The Morgan fingerprint density at radius 3 is 1.21 bits per heavy atom. The monoisotopic (exact) mass is 641 g/mol. The van der Waals surface area contributed by atoms with E-state index in [2.05, 4.69) is 99.5 Å². The number of nitrogens with zero attached hydrogens (tertiary/aromatic N) is 3. The largest absolute Gasteiger partial charge is 0.673 e. The number of hydrogen-bond donors (Lipinski definition) is 1. The van der Waals surface area contributed by atoms with Crippen LogP contribution in [0.15, 0.2) is 164 Å². The summed E-state index contributed by atoms with van der Waals surface area (Å²) in [6, 6.07) is 51.3. The molecule has 0 radical (unpaired) electrons. The van der Waals surface area contributed by atoms with Gasteiger partial charge < -0.3 is 22.4 Å². The van der Waals surface area contributed by atoms with Crippen molar-refractivity contribution in [3.8, 4) is 67.6 Å². The molecule has 48 heavy (non-hydrogen) atoms. The first-order valence-electron chi connectivity index (χ1n) is 15.1. The standard InChI is InChI=1S/C39H27N3O.BF4/c43-39-33(35-20-10-12-22-40-35)26-32(27-34(39)36-21-11-13-23-41-36)42-37(29-16-6-2-7-17-29)24-31(28-14-4-1-5-15-28)25-38(42)30-18-8-3-9-19-30;2-1(3,4)5/h1-27H;/q;-1/p+1. The van der Waals surface area contributed by atoms with Crippen LogP contribution in [0.5, 0.6) is 5.75 Å². The molecule has 7 rings (SSSR count). The Morgan fingerprint density at radius 1 is 0.458 bits per heavy atom. The Balaban J connectivity index is 0.000000749. The van der Waals surface area contributed by atoms with Crippen LogP contribution in [0, 0.1) is 0 Å². The molecule has 3 heterocycles. The molecule has 0 fully saturated rings. The van der Waals surface area contributed by atoms with Gasteiger partial charge >= 0.3 is 7.25 Å². The highest BCUT2D eigenvalue weighted by molar-refractivity contribution is 6.50. The summed E-state index contributed by atoms with van der Waals surface area (Å²) in [7, 11) is -6.00. The lowest BCUT2D eigenvalue weighted by atomic mass is 9.97.